The third-order valence-electron chi connectivity index (χ3n) is 4.81. The van der Waals surface area contributed by atoms with E-state index in [0.717, 1.165) is 19.3 Å². The molecule has 23 heavy (non-hydrogen) atoms. The molecule has 2 atom stereocenters. The number of aliphatic carboxylic acids is 1. The Labute approximate surface area is 136 Å². The molecule has 1 heterocycles. The second-order valence-corrected chi connectivity index (χ2v) is 6.51. The number of aryl methyl sites for hydroxylation is 1. The lowest BCUT2D eigenvalue weighted by molar-refractivity contribution is -0.148. The SMILES string of the molecule is O=C(O)CC1CN(C(=O)CC2CCc3ccccc3C2)CCO1. The molecule has 1 fully saturated rings. The highest BCUT2D eigenvalue weighted by Crippen LogP contribution is 2.28. The highest BCUT2D eigenvalue weighted by atomic mass is 16.5. The minimum Gasteiger partial charge on any atom is -0.481 e. The van der Waals surface area contributed by atoms with Crippen LogP contribution >= 0.6 is 0 Å². The molecule has 0 spiro atoms. The van der Waals surface area contributed by atoms with Gasteiger partial charge in [0.2, 0.25) is 5.91 Å². The number of amides is 1. The number of carboxylic acids is 1. The topological polar surface area (TPSA) is 66.8 Å². The predicted molar refractivity (Wildman–Crippen MR) is 85.1 cm³/mol. The first-order chi connectivity index (χ1) is 11.1. The zero-order valence-corrected chi connectivity index (χ0v) is 13.2. The lowest BCUT2D eigenvalue weighted by Crippen LogP contribution is -2.46. The summed E-state index contributed by atoms with van der Waals surface area (Å²) in [5.41, 5.74) is 2.77. The van der Waals surface area contributed by atoms with E-state index in [-0.39, 0.29) is 18.4 Å². The first kappa shape index (κ1) is 16.0. The number of morpholine rings is 1. The Balaban J connectivity index is 1.54. The van der Waals surface area contributed by atoms with Gasteiger partial charge >= 0.3 is 5.97 Å². The third kappa shape index (κ3) is 4.10. The molecule has 2 unspecified atom stereocenters. The molecule has 2 aliphatic rings. The van der Waals surface area contributed by atoms with Crippen LogP contribution in [0.25, 0.3) is 0 Å². The molecule has 5 heteroatoms. The average molecular weight is 317 g/mol. The van der Waals surface area contributed by atoms with Crippen molar-refractivity contribution in [3.63, 3.8) is 0 Å². The van der Waals surface area contributed by atoms with Crippen LogP contribution in [0.3, 0.4) is 0 Å². The number of nitrogens with zero attached hydrogens (tertiary/aromatic N) is 1. The van der Waals surface area contributed by atoms with Crippen molar-refractivity contribution in [2.24, 2.45) is 5.92 Å². The van der Waals surface area contributed by atoms with Gasteiger partial charge < -0.3 is 14.7 Å². The van der Waals surface area contributed by atoms with Crippen LogP contribution in [0.5, 0.6) is 0 Å². The van der Waals surface area contributed by atoms with Crippen molar-refractivity contribution in [3.05, 3.63) is 35.4 Å². The number of carbonyl (C=O) groups is 2. The maximum atomic E-state index is 12.5. The fraction of sp³-hybridized carbons (Fsp3) is 0.556. The number of carboxylic acid groups (broad SMARTS) is 1. The second-order valence-electron chi connectivity index (χ2n) is 6.51. The van der Waals surface area contributed by atoms with Gasteiger partial charge in [-0.3, -0.25) is 9.59 Å². The monoisotopic (exact) mass is 317 g/mol. The van der Waals surface area contributed by atoms with Crippen LogP contribution in [-0.4, -0.2) is 47.7 Å². The van der Waals surface area contributed by atoms with Crippen molar-refractivity contribution < 1.29 is 19.4 Å². The van der Waals surface area contributed by atoms with E-state index in [2.05, 4.69) is 24.3 Å². The normalized spacial score (nSPS) is 24.1. The lowest BCUT2D eigenvalue weighted by atomic mass is 9.82. The molecular formula is C18H23NO4. The summed E-state index contributed by atoms with van der Waals surface area (Å²) in [6.07, 6.45) is 3.18. The first-order valence-electron chi connectivity index (χ1n) is 8.30. The molecule has 1 saturated heterocycles. The molecular weight excluding hydrogens is 294 g/mol. The van der Waals surface area contributed by atoms with Crippen LogP contribution in [0.4, 0.5) is 0 Å². The van der Waals surface area contributed by atoms with Gasteiger partial charge in [-0.2, -0.15) is 0 Å². The van der Waals surface area contributed by atoms with E-state index in [4.69, 9.17) is 9.84 Å². The molecule has 1 aliphatic carbocycles. The Bertz CT molecular complexity index is 586. The fourth-order valence-corrected chi connectivity index (χ4v) is 3.59. The third-order valence-corrected chi connectivity index (χ3v) is 4.81. The minimum atomic E-state index is -0.881. The number of fused-ring (bicyclic) bond motifs is 1. The van der Waals surface area contributed by atoms with Gasteiger partial charge in [-0.1, -0.05) is 24.3 Å². The van der Waals surface area contributed by atoms with Crippen molar-refractivity contribution in [2.45, 2.75) is 38.2 Å². The Morgan fingerprint density at radius 2 is 2.00 bits per heavy atom. The van der Waals surface area contributed by atoms with Crippen LogP contribution in [0.1, 0.15) is 30.4 Å². The van der Waals surface area contributed by atoms with Crippen LogP contribution in [0, 0.1) is 5.92 Å². The van der Waals surface area contributed by atoms with Crippen LogP contribution in [0.15, 0.2) is 24.3 Å². The second kappa shape index (κ2) is 7.13. The molecule has 0 saturated carbocycles. The highest BCUT2D eigenvalue weighted by Gasteiger charge is 2.28. The zero-order chi connectivity index (χ0) is 16.2. The average Bonchev–Trinajstić information content (AvgIpc) is 2.54. The molecule has 3 rings (SSSR count). The molecule has 0 aromatic heterocycles. The molecule has 1 aliphatic heterocycles. The van der Waals surface area contributed by atoms with Crippen LogP contribution < -0.4 is 0 Å². The number of ether oxygens (including phenoxy) is 1. The fourth-order valence-electron chi connectivity index (χ4n) is 3.59. The Morgan fingerprint density at radius 3 is 2.78 bits per heavy atom. The zero-order valence-electron chi connectivity index (χ0n) is 13.2. The molecule has 1 amide bonds. The van der Waals surface area contributed by atoms with Crippen molar-refractivity contribution in [1.82, 2.24) is 4.90 Å². The summed E-state index contributed by atoms with van der Waals surface area (Å²) in [5.74, 6) is -0.362. The van der Waals surface area contributed by atoms with E-state index in [0.29, 0.717) is 32.0 Å². The van der Waals surface area contributed by atoms with Crippen molar-refractivity contribution >= 4 is 11.9 Å². The Hall–Kier alpha value is -1.88. The first-order valence-corrected chi connectivity index (χ1v) is 8.30. The number of hydrogen-bond donors (Lipinski definition) is 1. The maximum absolute atomic E-state index is 12.5. The van der Waals surface area contributed by atoms with E-state index < -0.39 is 5.97 Å². The summed E-state index contributed by atoms with van der Waals surface area (Å²) in [6, 6.07) is 8.46. The largest absolute Gasteiger partial charge is 0.481 e. The van der Waals surface area contributed by atoms with Gasteiger partial charge in [0, 0.05) is 19.5 Å². The van der Waals surface area contributed by atoms with E-state index in [1.54, 1.807) is 4.90 Å². The molecule has 0 radical (unpaired) electrons. The molecule has 5 nitrogen and oxygen atoms in total. The van der Waals surface area contributed by atoms with Gasteiger partial charge in [0.1, 0.15) is 0 Å². The number of hydrogen-bond acceptors (Lipinski definition) is 3. The van der Waals surface area contributed by atoms with Gasteiger partial charge in [-0.25, -0.2) is 0 Å². The molecule has 124 valence electrons. The number of rotatable bonds is 4. The van der Waals surface area contributed by atoms with Crippen LogP contribution in [-0.2, 0) is 27.2 Å². The molecule has 1 aromatic carbocycles. The highest BCUT2D eigenvalue weighted by molar-refractivity contribution is 5.77. The molecule has 0 bridgehead atoms. The summed E-state index contributed by atoms with van der Waals surface area (Å²) in [5, 5.41) is 8.86. The molecule has 1 aromatic rings. The molecule has 1 N–H and O–H groups in total. The quantitative estimate of drug-likeness (QED) is 0.921. The van der Waals surface area contributed by atoms with Gasteiger partial charge in [-0.15, -0.1) is 0 Å². The van der Waals surface area contributed by atoms with Gasteiger partial charge in [0.05, 0.1) is 19.1 Å². The maximum Gasteiger partial charge on any atom is 0.306 e. The Morgan fingerprint density at radius 1 is 1.22 bits per heavy atom. The van der Waals surface area contributed by atoms with Crippen LogP contribution in [0.2, 0.25) is 0 Å². The van der Waals surface area contributed by atoms with Crippen molar-refractivity contribution in [3.8, 4) is 0 Å². The summed E-state index contributed by atoms with van der Waals surface area (Å²) < 4.78 is 5.43. The summed E-state index contributed by atoms with van der Waals surface area (Å²) in [6.45, 7) is 1.39. The van der Waals surface area contributed by atoms with Gasteiger partial charge in [0.25, 0.3) is 0 Å². The van der Waals surface area contributed by atoms with E-state index in [1.165, 1.54) is 11.1 Å². The lowest BCUT2D eigenvalue weighted by Gasteiger charge is -2.34. The number of carbonyl (C=O) groups excluding carboxylic acids is 1. The van der Waals surface area contributed by atoms with E-state index in [1.807, 2.05) is 0 Å². The summed E-state index contributed by atoms with van der Waals surface area (Å²) >= 11 is 0. The smallest absolute Gasteiger partial charge is 0.306 e. The predicted octanol–water partition coefficient (Wildman–Crippen LogP) is 1.88. The van der Waals surface area contributed by atoms with E-state index >= 15 is 0 Å². The van der Waals surface area contributed by atoms with Crippen molar-refractivity contribution in [2.75, 3.05) is 19.7 Å². The summed E-state index contributed by atoms with van der Waals surface area (Å²) in [7, 11) is 0. The van der Waals surface area contributed by atoms with Gasteiger partial charge in [0.15, 0.2) is 0 Å². The summed E-state index contributed by atoms with van der Waals surface area (Å²) in [4.78, 5) is 25.1. The number of benzene rings is 1. The van der Waals surface area contributed by atoms with E-state index in [9.17, 15) is 9.59 Å². The minimum absolute atomic E-state index is 0.0411. The standard InChI is InChI=1S/C18H23NO4/c20-17(19-7-8-23-16(12-19)11-18(21)22)10-13-5-6-14-3-1-2-4-15(14)9-13/h1-4,13,16H,5-12H2,(H,21,22). The Kier molecular flexibility index (Phi) is 4.96. The van der Waals surface area contributed by atoms with Crippen molar-refractivity contribution in [1.29, 1.82) is 0 Å². The van der Waals surface area contributed by atoms with Gasteiger partial charge in [-0.05, 0) is 36.3 Å².